The van der Waals surface area contributed by atoms with E-state index in [1.165, 1.54) is 49.6 Å². The molecule has 0 saturated heterocycles. The summed E-state index contributed by atoms with van der Waals surface area (Å²) in [7, 11) is 0. The van der Waals surface area contributed by atoms with Crippen LogP contribution in [0.4, 0.5) is 17.1 Å². The van der Waals surface area contributed by atoms with Gasteiger partial charge in [0.25, 0.3) is 0 Å². The molecule has 0 aliphatic carbocycles. The van der Waals surface area contributed by atoms with Gasteiger partial charge < -0.3 is 13.9 Å². The number of hydrogen-bond donors (Lipinski definition) is 0. The molecule has 3 heteroatoms. The number of anilines is 3. The summed E-state index contributed by atoms with van der Waals surface area (Å²) < 4.78 is 8.95. The molecule has 13 aromatic rings. The van der Waals surface area contributed by atoms with Crippen molar-refractivity contribution in [2.75, 3.05) is 4.90 Å². The largest absolute Gasteiger partial charge is 0.455 e. The van der Waals surface area contributed by atoms with E-state index in [2.05, 4.69) is 264 Å². The van der Waals surface area contributed by atoms with E-state index in [1.807, 2.05) is 12.1 Å². The minimum absolute atomic E-state index is 0.894. The van der Waals surface area contributed by atoms with Crippen molar-refractivity contribution in [3.8, 4) is 61.3 Å². The molecule has 0 unspecified atom stereocenters. The van der Waals surface area contributed by atoms with Crippen LogP contribution in [0.3, 0.4) is 0 Å². The third-order valence-corrected chi connectivity index (χ3v) is 13.6. The van der Waals surface area contributed by atoms with Crippen LogP contribution in [-0.4, -0.2) is 4.57 Å². The Morgan fingerprint density at radius 2 is 0.725 bits per heavy atom. The van der Waals surface area contributed by atoms with Crippen molar-refractivity contribution in [1.29, 1.82) is 0 Å². The summed E-state index contributed by atoms with van der Waals surface area (Å²) >= 11 is 0. The predicted molar refractivity (Wildman–Crippen MR) is 290 cm³/mol. The van der Waals surface area contributed by atoms with Crippen molar-refractivity contribution in [2.24, 2.45) is 0 Å². The Balaban J connectivity index is 0.887. The van der Waals surface area contributed by atoms with Crippen molar-refractivity contribution >= 4 is 60.8 Å². The zero-order valence-electron chi connectivity index (χ0n) is 37.7. The molecular formula is C66H44N2O. The van der Waals surface area contributed by atoms with Gasteiger partial charge in [-0.2, -0.15) is 0 Å². The van der Waals surface area contributed by atoms with E-state index < -0.39 is 0 Å². The second-order valence-corrected chi connectivity index (χ2v) is 17.7. The number of nitrogens with zero attached hydrogens (tertiary/aromatic N) is 2. The van der Waals surface area contributed by atoms with E-state index in [-0.39, 0.29) is 0 Å². The van der Waals surface area contributed by atoms with E-state index in [9.17, 15) is 0 Å². The summed E-state index contributed by atoms with van der Waals surface area (Å²) in [6.07, 6.45) is 0. The second kappa shape index (κ2) is 16.9. The summed E-state index contributed by atoms with van der Waals surface area (Å²) in [4.78, 5) is 2.36. The van der Waals surface area contributed by atoms with Gasteiger partial charge >= 0.3 is 0 Å². The highest BCUT2D eigenvalue weighted by Crippen LogP contribution is 2.42. The molecular weight excluding hydrogens is 837 g/mol. The monoisotopic (exact) mass is 880 g/mol. The molecule has 2 aromatic heterocycles. The Labute approximate surface area is 401 Å². The number of rotatable bonds is 9. The van der Waals surface area contributed by atoms with Gasteiger partial charge in [-0.25, -0.2) is 0 Å². The van der Waals surface area contributed by atoms with Gasteiger partial charge in [0.1, 0.15) is 11.2 Å². The highest BCUT2D eigenvalue weighted by Gasteiger charge is 2.19. The van der Waals surface area contributed by atoms with E-state index in [0.717, 1.165) is 72.5 Å². The summed E-state index contributed by atoms with van der Waals surface area (Å²) in [5.41, 5.74) is 20.1. The summed E-state index contributed by atoms with van der Waals surface area (Å²) in [6.45, 7) is 0. The maximum absolute atomic E-state index is 6.54. The molecule has 0 atom stereocenters. The number of aromatic nitrogens is 1. The zero-order chi connectivity index (χ0) is 45.7. The Bertz CT molecular complexity index is 3960. The molecule has 0 aliphatic heterocycles. The van der Waals surface area contributed by atoms with Gasteiger partial charge in [0, 0.05) is 49.7 Å². The lowest BCUT2D eigenvalue weighted by molar-refractivity contribution is 0.670. The van der Waals surface area contributed by atoms with Crippen molar-refractivity contribution in [3.63, 3.8) is 0 Å². The molecule has 324 valence electrons. The highest BCUT2D eigenvalue weighted by molar-refractivity contribution is 6.11. The molecule has 0 fully saturated rings. The Morgan fingerprint density at radius 1 is 0.275 bits per heavy atom. The summed E-state index contributed by atoms with van der Waals surface area (Å²) in [6, 6.07) is 96.0. The van der Waals surface area contributed by atoms with Crippen LogP contribution in [0.25, 0.3) is 105 Å². The Kier molecular flexibility index (Phi) is 9.84. The van der Waals surface area contributed by atoms with Crippen LogP contribution < -0.4 is 4.90 Å². The number of fused-ring (bicyclic) bond motifs is 6. The van der Waals surface area contributed by atoms with Crippen molar-refractivity contribution in [2.45, 2.75) is 0 Å². The average molecular weight is 881 g/mol. The van der Waals surface area contributed by atoms with Crippen LogP contribution in [-0.2, 0) is 0 Å². The first-order valence-corrected chi connectivity index (χ1v) is 23.6. The topological polar surface area (TPSA) is 21.3 Å². The quantitative estimate of drug-likeness (QED) is 0.144. The van der Waals surface area contributed by atoms with Gasteiger partial charge in [-0.05, 0) is 117 Å². The van der Waals surface area contributed by atoms with Crippen molar-refractivity contribution in [1.82, 2.24) is 4.57 Å². The minimum Gasteiger partial charge on any atom is -0.455 e. The molecule has 3 nitrogen and oxygen atoms in total. The first-order valence-electron chi connectivity index (χ1n) is 23.6. The molecule has 11 aromatic carbocycles. The number of para-hydroxylation sites is 5. The smallest absolute Gasteiger partial charge is 0.143 e. The lowest BCUT2D eigenvalue weighted by Crippen LogP contribution is -2.10. The molecule has 0 spiro atoms. The summed E-state index contributed by atoms with van der Waals surface area (Å²) in [5.74, 6) is 0. The third kappa shape index (κ3) is 7.16. The minimum atomic E-state index is 0.894. The maximum Gasteiger partial charge on any atom is 0.143 e. The standard InChI is InChI=1S/C66H44N2O/c1-2-16-45(17-3-1)48-18-12-19-49(42-48)46-34-38-53(39-35-46)67(55-23-14-22-52(44-55)57-28-15-29-61-60-27-7-11-33-65(60)69-66(57)61)54-40-36-47(37-41-54)50-20-13-21-51(43-50)56-24-4-8-30-62(56)68-63-31-9-5-25-58(63)59-26-6-10-32-64(59)68/h1-44H. The maximum atomic E-state index is 6.54. The summed E-state index contributed by atoms with van der Waals surface area (Å²) in [5, 5.41) is 4.75. The van der Waals surface area contributed by atoms with Crippen LogP contribution in [0.15, 0.2) is 271 Å². The molecule has 0 saturated carbocycles. The number of benzene rings is 11. The van der Waals surface area contributed by atoms with Gasteiger partial charge in [-0.1, -0.05) is 194 Å². The number of furan rings is 1. The van der Waals surface area contributed by atoms with Crippen molar-refractivity contribution < 1.29 is 4.42 Å². The molecule has 13 rings (SSSR count). The first kappa shape index (κ1) is 40.1. The van der Waals surface area contributed by atoms with Crippen molar-refractivity contribution in [3.05, 3.63) is 267 Å². The Hall–Kier alpha value is -9.18. The highest BCUT2D eigenvalue weighted by atomic mass is 16.3. The molecule has 0 radical (unpaired) electrons. The fourth-order valence-corrected chi connectivity index (χ4v) is 10.3. The lowest BCUT2D eigenvalue weighted by Gasteiger charge is -2.26. The fraction of sp³-hybridized carbons (Fsp3) is 0. The van der Waals surface area contributed by atoms with E-state index in [1.54, 1.807) is 0 Å². The van der Waals surface area contributed by atoms with Gasteiger partial charge in [0.15, 0.2) is 0 Å². The number of hydrogen-bond acceptors (Lipinski definition) is 2. The van der Waals surface area contributed by atoms with E-state index in [0.29, 0.717) is 0 Å². The Morgan fingerprint density at radius 3 is 1.39 bits per heavy atom. The van der Waals surface area contributed by atoms with Crippen LogP contribution in [0, 0.1) is 0 Å². The van der Waals surface area contributed by atoms with Crippen LogP contribution in [0.1, 0.15) is 0 Å². The van der Waals surface area contributed by atoms with Crippen LogP contribution in [0.2, 0.25) is 0 Å². The molecule has 0 N–H and O–H groups in total. The van der Waals surface area contributed by atoms with Gasteiger partial charge in [-0.15, -0.1) is 0 Å². The first-order chi connectivity index (χ1) is 34.2. The zero-order valence-corrected chi connectivity index (χ0v) is 37.7. The SMILES string of the molecule is c1ccc(-c2cccc(-c3ccc(N(c4ccc(-c5cccc(-c6ccccc6-n6c7ccccc7c7ccccc76)c5)cc4)c4cccc(-c5cccc6c5oc5ccccc56)c4)cc3)c2)cc1. The molecule has 0 aliphatic rings. The van der Waals surface area contributed by atoms with Gasteiger partial charge in [-0.3, -0.25) is 0 Å². The van der Waals surface area contributed by atoms with Crippen LogP contribution in [0.5, 0.6) is 0 Å². The second-order valence-electron chi connectivity index (χ2n) is 17.7. The van der Waals surface area contributed by atoms with Crippen LogP contribution >= 0.6 is 0 Å². The normalized spacial score (nSPS) is 11.5. The van der Waals surface area contributed by atoms with Gasteiger partial charge in [0.05, 0.1) is 16.7 Å². The van der Waals surface area contributed by atoms with E-state index >= 15 is 0 Å². The van der Waals surface area contributed by atoms with E-state index in [4.69, 9.17) is 4.42 Å². The predicted octanol–water partition coefficient (Wildman–Crippen LogP) is 18.5. The molecule has 0 amide bonds. The lowest BCUT2D eigenvalue weighted by atomic mass is 9.97. The fourth-order valence-electron chi connectivity index (χ4n) is 10.3. The molecule has 69 heavy (non-hydrogen) atoms. The average Bonchev–Trinajstić information content (AvgIpc) is 3.98. The molecule has 2 heterocycles. The third-order valence-electron chi connectivity index (χ3n) is 13.6. The molecule has 0 bridgehead atoms. The van der Waals surface area contributed by atoms with Gasteiger partial charge in [0.2, 0.25) is 0 Å².